The van der Waals surface area contributed by atoms with Crippen molar-refractivity contribution >= 4 is 5.78 Å². The first-order chi connectivity index (χ1) is 8.53. The van der Waals surface area contributed by atoms with Crippen molar-refractivity contribution in [3.05, 3.63) is 0 Å². The minimum absolute atomic E-state index is 0.0979. The van der Waals surface area contributed by atoms with Crippen molar-refractivity contribution in [1.82, 2.24) is 4.90 Å². The molecule has 3 heteroatoms. The summed E-state index contributed by atoms with van der Waals surface area (Å²) in [5.74, 6) is 0.734. The summed E-state index contributed by atoms with van der Waals surface area (Å²) in [6.07, 6.45) is 4.77. The Morgan fingerprint density at radius 2 is 2.22 bits per heavy atom. The highest BCUT2D eigenvalue weighted by atomic mass is 16.5. The summed E-state index contributed by atoms with van der Waals surface area (Å²) in [7, 11) is 0. The van der Waals surface area contributed by atoms with E-state index in [1.807, 2.05) is 0 Å². The molecule has 0 radical (unpaired) electrons. The monoisotopic (exact) mass is 253 g/mol. The summed E-state index contributed by atoms with van der Waals surface area (Å²) in [5.41, 5.74) is -0.0979. The summed E-state index contributed by atoms with van der Waals surface area (Å²) in [6.45, 7) is 10.1. The average Bonchev–Trinajstić information content (AvgIpc) is 2.35. The van der Waals surface area contributed by atoms with Crippen LogP contribution in [0.1, 0.15) is 46.5 Å². The second-order valence-corrected chi connectivity index (χ2v) is 6.50. The molecule has 104 valence electrons. The highest BCUT2D eigenvalue weighted by Crippen LogP contribution is 2.35. The number of morpholine rings is 1. The lowest BCUT2D eigenvalue weighted by atomic mass is 9.71. The van der Waals surface area contributed by atoms with E-state index in [1.165, 1.54) is 6.42 Å². The van der Waals surface area contributed by atoms with E-state index in [1.54, 1.807) is 0 Å². The lowest BCUT2D eigenvalue weighted by Crippen LogP contribution is -2.47. The quantitative estimate of drug-likeness (QED) is 0.774. The molecule has 1 heterocycles. The van der Waals surface area contributed by atoms with Crippen molar-refractivity contribution < 1.29 is 9.53 Å². The molecule has 2 fully saturated rings. The van der Waals surface area contributed by atoms with Crippen LogP contribution in [0, 0.1) is 11.3 Å². The number of Topliss-reactive ketones (excluding diaryl/α,β-unsaturated/α-hetero) is 1. The number of hydrogen-bond acceptors (Lipinski definition) is 3. The van der Waals surface area contributed by atoms with Gasteiger partial charge in [-0.25, -0.2) is 0 Å². The smallest absolute Gasteiger partial charge is 0.142 e. The maximum Gasteiger partial charge on any atom is 0.142 e. The molecule has 0 aromatic carbocycles. The number of rotatable bonds is 3. The third-order valence-electron chi connectivity index (χ3n) is 4.55. The van der Waals surface area contributed by atoms with Gasteiger partial charge in [0.05, 0.1) is 12.7 Å². The lowest BCUT2D eigenvalue weighted by Gasteiger charge is -2.38. The van der Waals surface area contributed by atoms with Gasteiger partial charge < -0.3 is 4.74 Å². The molecule has 1 aliphatic heterocycles. The van der Waals surface area contributed by atoms with Gasteiger partial charge in [-0.2, -0.15) is 0 Å². The number of ether oxygens (including phenoxy) is 1. The minimum atomic E-state index is -0.0979. The maximum atomic E-state index is 12.4. The van der Waals surface area contributed by atoms with E-state index >= 15 is 0 Å². The van der Waals surface area contributed by atoms with Crippen molar-refractivity contribution in [3.63, 3.8) is 0 Å². The van der Waals surface area contributed by atoms with Crippen LogP contribution in [0.2, 0.25) is 0 Å². The van der Waals surface area contributed by atoms with Crippen molar-refractivity contribution in [1.29, 1.82) is 0 Å². The van der Waals surface area contributed by atoms with Crippen LogP contribution < -0.4 is 0 Å². The molecule has 2 unspecified atom stereocenters. The molecule has 2 rings (SSSR count). The summed E-state index contributed by atoms with van der Waals surface area (Å²) < 4.78 is 5.69. The number of carbonyl (C=O) groups is 1. The SMILES string of the molecule is CCC1CN(CC2CCCC(C)(C)C2=O)CCO1. The van der Waals surface area contributed by atoms with Crippen LogP contribution in [-0.2, 0) is 9.53 Å². The van der Waals surface area contributed by atoms with Crippen molar-refractivity contribution in [3.8, 4) is 0 Å². The molecule has 1 aliphatic carbocycles. The van der Waals surface area contributed by atoms with Crippen LogP contribution in [-0.4, -0.2) is 43.0 Å². The van der Waals surface area contributed by atoms with E-state index in [0.29, 0.717) is 11.9 Å². The number of nitrogens with zero attached hydrogens (tertiary/aromatic N) is 1. The fourth-order valence-electron chi connectivity index (χ4n) is 3.28. The van der Waals surface area contributed by atoms with Gasteiger partial charge in [0.1, 0.15) is 5.78 Å². The van der Waals surface area contributed by atoms with Gasteiger partial charge in [0.25, 0.3) is 0 Å². The molecule has 1 saturated carbocycles. The molecule has 0 N–H and O–H groups in total. The zero-order valence-electron chi connectivity index (χ0n) is 12.1. The van der Waals surface area contributed by atoms with Gasteiger partial charge in [-0.15, -0.1) is 0 Å². The molecule has 0 amide bonds. The Balaban J connectivity index is 1.90. The average molecular weight is 253 g/mol. The summed E-state index contributed by atoms with van der Waals surface area (Å²) in [5, 5.41) is 0. The number of ketones is 1. The fraction of sp³-hybridized carbons (Fsp3) is 0.933. The predicted molar refractivity (Wildman–Crippen MR) is 72.6 cm³/mol. The normalized spacial score (nSPS) is 33.6. The van der Waals surface area contributed by atoms with Crippen LogP contribution >= 0.6 is 0 Å². The molecular formula is C15H27NO2. The first kappa shape index (κ1) is 14.0. The van der Waals surface area contributed by atoms with E-state index < -0.39 is 0 Å². The Morgan fingerprint density at radius 3 is 2.94 bits per heavy atom. The van der Waals surface area contributed by atoms with E-state index in [4.69, 9.17) is 4.74 Å². The zero-order chi connectivity index (χ0) is 13.2. The fourth-order valence-corrected chi connectivity index (χ4v) is 3.28. The van der Waals surface area contributed by atoms with E-state index in [2.05, 4.69) is 25.7 Å². The van der Waals surface area contributed by atoms with Gasteiger partial charge in [0, 0.05) is 31.0 Å². The highest BCUT2D eigenvalue weighted by molar-refractivity contribution is 5.87. The molecular weight excluding hydrogens is 226 g/mol. The van der Waals surface area contributed by atoms with Gasteiger partial charge >= 0.3 is 0 Å². The molecule has 0 bridgehead atoms. The molecule has 2 aliphatic rings. The third-order valence-corrected chi connectivity index (χ3v) is 4.55. The Kier molecular flexibility index (Phi) is 4.44. The second-order valence-electron chi connectivity index (χ2n) is 6.50. The molecule has 3 nitrogen and oxygen atoms in total. The van der Waals surface area contributed by atoms with Crippen LogP contribution in [0.5, 0.6) is 0 Å². The zero-order valence-corrected chi connectivity index (χ0v) is 12.1. The lowest BCUT2D eigenvalue weighted by molar-refractivity contribution is -0.136. The highest BCUT2D eigenvalue weighted by Gasteiger charge is 2.38. The molecule has 18 heavy (non-hydrogen) atoms. The van der Waals surface area contributed by atoms with Crippen molar-refractivity contribution in [2.24, 2.45) is 11.3 Å². The van der Waals surface area contributed by atoms with Gasteiger partial charge in [-0.3, -0.25) is 9.69 Å². The van der Waals surface area contributed by atoms with Gasteiger partial charge in [-0.05, 0) is 19.3 Å². The summed E-state index contributed by atoms with van der Waals surface area (Å²) in [6, 6.07) is 0. The number of carbonyl (C=O) groups excluding carboxylic acids is 1. The van der Waals surface area contributed by atoms with Crippen LogP contribution in [0.15, 0.2) is 0 Å². The van der Waals surface area contributed by atoms with Crippen LogP contribution in [0.25, 0.3) is 0 Å². The molecule has 0 aromatic rings. The van der Waals surface area contributed by atoms with Gasteiger partial charge in [0.2, 0.25) is 0 Å². The molecule has 1 saturated heterocycles. The molecule has 2 atom stereocenters. The van der Waals surface area contributed by atoms with Crippen molar-refractivity contribution in [2.75, 3.05) is 26.2 Å². The standard InChI is InChI=1S/C15H27NO2/c1-4-13-11-16(8-9-18-13)10-12-6-5-7-15(2,3)14(12)17/h12-13H,4-11H2,1-3H3. The predicted octanol–water partition coefficient (Wildman–Crippen LogP) is 2.49. The van der Waals surface area contributed by atoms with Crippen LogP contribution in [0.3, 0.4) is 0 Å². The second kappa shape index (κ2) is 5.70. The Labute approximate surface area is 111 Å². The molecule has 0 spiro atoms. The van der Waals surface area contributed by atoms with E-state index in [-0.39, 0.29) is 11.3 Å². The Morgan fingerprint density at radius 1 is 1.44 bits per heavy atom. The van der Waals surface area contributed by atoms with Gasteiger partial charge in [-0.1, -0.05) is 27.2 Å². The van der Waals surface area contributed by atoms with E-state index in [9.17, 15) is 4.79 Å². The maximum absolute atomic E-state index is 12.4. The van der Waals surface area contributed by atoms with E-state index in [0.717, 1.165) is 45.5 Å². The number of hydrogen-bond donors (Lipinski definition) is 0. The minimum Gasteiger partial charge on any atom is -0.376 e. The largest absolute Gasteiger partial charge is 0.376 e. The first-order valence-corrected chi connectivity index (χ1v) is 7.41. The van der Waals surface area contributed by atoms with Crippen LogP contribution in [0.4, 0.5) is 0 Å². The van der Waals surface area contributed by atoms with Gasteiger partial charge in [0.15, 0.2) is 0 Å². The molecule has 0 aromatic heterocycles. The summed E-state index contributed by atoms with van der Waals surface area (Å²) in [4.78, 5) is 14.8. The Hall–Kier alpha value is -0.410. The first-order valence-electron chi connectivity index (χ1n) is 7.41. The van der Waals surface area contributed by atoms with Crippen molar-refractivity contribution in [2.45, 2.75) is 52.6 Å². The summed E-state index contributed by atoms with van der Waals surface area (Å²) >= 11 is 0. The topological polar surface area (TPSA) is 29.5 Å². The third kappa shape index (κ3) is 3.12. The Bertz CT molecular complexity index is 301.